The highest BCUT2D eigenvalue weighted by atomic mass is 16.5. The maximum absolute atomic E-state index is 11.7. The van der Waals surface area contributed by atoms with Crippen molar-refractivity contribution in [1.29, 1.82) is 0 Å². The maximum Gasteiger partial charge on any atom is 0.320 e. The molecule has 3 aromatic carbocycles. The van der Waals surface area contributed by atoms with E-state index in [1.54, 1.807) is 0 Å². The van der Waals surface area contributed by atoms with Crippen LogP contribution in [0, 0.1) is 0 Å². The number of ether oxygens (including phenoxy) is 2. The van der Waals surface area contributed by atoms with Gasteiger partial charge in [-0.05, 0) is 53.4 Å². The Kier molecular flexibility index (Phi) is 9.40. The van der Waals surface area contributed by atoms with E-state index in [-0.39, 0.29) is 24.9 Å². The Hall–Kier alpha value is -3.68. The highest BCUT2D eigenvalue weighted by Gasteiger charge is 2.17. The lowest BCUT2D eigenvalue weighted by molar-refractivity contribution is -0.141. The van der Waals surface area contributed by atoms with Crippen LogP contribution in [0.1, 0.15) is 23.1 Å². The van der Waals surface area contributed by atoms with Gasteiger partial charge in [0.1, 0.15) is 18.4 Å². The van der Waals surface area contributed by atoms with Crippen molar-refractivity contribution < 1.29 is 24.2 Å². The second kappa shape index (κ2) is 12.7. The van der Waals surface area contributed by atoms with Crippen LogP contribution in [0.15, 0.2) is 72.8 Å². The first kappa shape index (κ1) is 25.9. The van der Waals surface area contributed by atoms with Crippen LogP contribution in [-0.4, -0.2) is 43.3 Å². The number of carboxylic acid groups (broad SMARTS) is 1. The summed E-state index contributed by atoms with van der Waals surface area (Å²) in [5.41, 5.74) is 10.6. The molecule has 2 atom stereocenters. The molecule has 7 nitrogen and oxygen atoms in total. The quantitative estimate of drug-likeness (QED) is 0.343. The van der Waals surface area contributed by atoms with Crippen molar-refractivity contribution in [3.63, 3.8) is 0 Å². The van der Waals surface area contributed by atoms with E-state index in [9.17, 15) is 14.7 Å². The summed E-state index contributed by atoms with van der Waals surface area (Å²) in [6, 6.07) is 22.5. The number of hydrogen-bond donors (Lipinski definition) is 3. The summed E-state index contributed by atoms with van der Waals surface area (Å²) in [5, 5.41) is 12.5. The number of aliphatic carboxylic acids is 1. The molecule has 0 amide bonds. The number of nitrogens with two attached hydrogens (primary N) is 1. The van der Waals surface area contributed by atoms with E-state index in [2.05, 4.69) is 11.4 Å². The molecule has 0 aliphatic heterocycles. The number of hydrogen-bond acceptors (Lipinski definition) is 6. The lowest BCUT2D eigenvalue weighted by Gasteiger charge is -2.17. The van der Waals surface area contributed by atoms with Crippen molar-refractivity contribution in [3.8, 4) is 16.9 Å². The molecular formula is C28H32N2O5. The van der Waals surface area contributed by atoms with Crippen molar-refractivity contribution in [3.05, 3.63) is 89.5 Å². The second-order valence-electron chi connectivity index (χ2n) is 8.42. The Morgan fingerprint density at radius 3 is 2.34 bits per heavy atom. The van der Waals surface area contributed by atoms with Gasteiger partial charge in [-0.15, -0.1) is 0 Å². The minimum Gasteiger partial charge on any atom is -0.489 e. The Morgan fingerprint density at radius 2 is 1.66 bits per heavy atom. The third-order valence-corrected chi connectivity index (χ3v) is 5.85. The van der Waals surface area contributed by atoms with Gasteiger partial charge in [0.15, 0.2) is 0 Å². The zero-order valence-corrected chi connectivity index (χ0v) is 20.1. The third-order valence-electron chi connectivity index (χ3n) is 5.85. The number of carbonyl (C=O) groups is 2. The monoisotopic (exact) mass is 476 g/mol. The molecule has 0 heterocycles. The Labute approximate surface area is 205 Å². The number of carboxylic acids is 1. The molecular weight excluding hydrogens is 444 g/mol. The van der Waals surface area contributed by atoms with E-state index in [4.69, 9.17) is 15.2 Å². The smallest absolute Gasteiger partial charge is 0.320 e. The van der Waals surface area contributed by atoms with Gasteiger partial charge in [-0.1, -0.05) is 60.7 Å². The summed E-state index contributed by atoms with van der Waals surface area (Å²) in [4.78, 5) is 23.1. The minimum absolute atomic E-state index is 0.0458. The van der Waals surface area contributed by atoms with Gasteiger partial charge in [0.2, 0.25) is 0 Å². The maximum atomic E-state index is 11.7. The molecule has 3 rings (SSSR count). The molecule has 0 fully saturated rings. The van der Waals surface area contributed by atoms with E-state index < -0.39 is 12.0 Å². The van der Waals surface area contributed by atoms with Crippen LogP contribution >= 0.6 is 0 Å². The fourth-order valence-electron chi connectivity index (χ4n) is 3.84. The predicted octanol–water partition coefficient (Wildman–Crippen LogP) is 3.58. The Morgan fingerprint density at radius 1 is 0.943 bits per heavy atom. The molecule has 0 bridgehead atoms. The molecule has 7 heteroatoms. The molecule has 184 valence electrons. The molecule has 35 heavy (non-hydrogen) atoms. The number of rotatable bonds is 12. The molecule has 2 unspecified atom stereocenters. The minimum atomic E-state index is -1.06. The lowest BCUT2D eigenvalue weighted by atomic mass is 9.95. The molecule has 4 N–H and O–H groups in total. The first-order valence-electron chi connectivity index (χ1n) is 11.5. The van der Waals surface area contributed by atoms with E-state index in [1.807, 2.05) is 73.8 Å². The van der Waals surface area contributed by atoms with Gasteiger partial charge >= 0.3 is 11.9 Å². The first-order valence-corrected chi connectivity index (χ1v) is 11.5. The molecule has 0 aliphatic carbocycles. The number of esters is 1. The zero-order valence-electron chi connectivity index (χ0n) is 20.1. The van der Waals surface area contributed by atoms with Crippen molar-refractivity contribution in [2.24, 2.45) is 5.73 Å². The van der Waals surface area contributed by atoms with Gasteiger partial charge in [-0.25, -0.2) is 0 Å². The van der Waals surface area contributed by atoms with Gasteiger partial charge < -0.3 is 25.6 Å². The number of nitrogens with one attached hydrogen (secondary N) is 1. The van der Waals surface area contributed by atoms with Crippen LogP contribution in [0.5, 0.6) is 5.75 Å². The standard InChI is InChI=1S/C28H32N2O5/c1-30-24(17-27(31)34-2)14-20-9-6-10-21(13-20)22-11-12-26(23(15-22)16-25(29)28(32)33)35-18-19-7-4-3-5-8-19/h3-13,15,24-25,30H,14,16-18,29H2,1-2H3,(H,32,33). The number of carbonyl (C=O) groups excluding carboxylic acids is 1. The van der Waals surface area contributed by atoms with E-state index >= 15 is 0 Å². The lowest BCUT2D eigenvalue weighted by Crippen LogP contribution is -2.32. The van der Waals surface area contributed by atoms with Crippen molar-refractivity contribution in [2.75, 3.05) is 14.2 Å². The third kappa shape index (κ3) is 7.67. The number of benzene rings is 3. The second-order valence-corrected chi connectivity index (χ2v) is 8.42. The first-order chi connectivity index (χ1) is 16.9. The summed E-state index contributed by atoms with van der Waals surface area (Å²) in [6.07, 6.45) is 1.09. The van der Waals surface area contributed by atoms with Gasteiger partial charge in [0.05, 0.1) is 13.5 Å². The molecule has 0 radical (unpaired) electrons. The topological polar surface area (TPSA) is 111 Å². The molecule has 3 aromatic rings. The highest BCUT2D eigenvalue weighted by Crippen LogP contribution is 2.29. The van der Waals surface area contributed by atoms with Crippen LogP contribution in [0.2, 0.25) is 0 Å². The largest absolute Gasteiger partial charge is 0.489 e. The Bertz CT molecular complexity index is 1130. The van der Waals surface area contributed by atoms with Crippen LogP contribution < -0.4 is 15.8 Å². The predicted molar refractivity (Wildman–Crippen MR) is 135 cm³/mol. The molecule has 0 aromatic heterocycles. The molecule has 0 aliphatic rings. The molecule has 0 saturated heterocycles. The van der Waals surface area contributed by atoms with Gasteiger partial charge in [0, 0.05) is 12.5 Å². The van der Waals surface area contributed by atoms with E-state index in [0.29, 0.717) is 18.8 Å². The van der Waals surface area contributed by atoms with Gasteiger partial charge in [0.25, 0.3) is 0 Å². The van der Waals surface area contributed by atoms with Gasteiger partial charge in [-0.2, -0.15) is 0 Å². The molecule has 0 spiro atoms. The normalized spacial score (nSPS) is 12.5. The number of methoxy groups -OCH3 is 1. The van der Waals surface area contributed by atoms with Crippen molar-refractivity contribution in [1.82, 2.24) is 5.32 Å². The summed E-state index contributed by atoms with van der Waals surface area (Å²) in [5.74, 6) is -0.708. The fraction of sp³-hybridized carbons (Fsp3) is 0.286. The zero-order chi connectivity index (χ0) is 25.2. The average Bonchev–Trinajstić information content (AvgIpc) is 2.88. The fourth-order valence-corrected chi connectivity index (χ4v) is 3.84. The van der Waals surface area contributed by atoms with Crippen LogP contribution in [0.4, 0.5) is 0 Å². The summed E-state index contributed by atoms with van der Waals surface area (Å²) in [7, 11) is 3.21. The van der Waals surface area contributed by atoms with E-state index in [0.717, 1.165) is 27.8 Å². The summed E-state index contributed by atoms with van der Waals surface area (Å²) < 4.78 is 10.8. The van der Waals surface area contributed by atoms with E-state index in [1.165, 1.54) is 7.11 Å². The van der Waals surface area contributed by atoms with Crippen LogP contribution in [-0.2, 0) is 33.8 Å². The Balaban J connectivity index is 1.85. The average molecular weight is 477 g/mol. The summed E-state index contributed by atoms with van der Waals surface area (Å²) >= 11 is 0. The highest BCUT2D eigenvalue weighted by molar-refractivity contribution is 5.74. The van der Waals surface area contributed by atoms with Crippen LogP contribution in [0.3, 0.4) is 0 Å². The molecule has 0 saturated carbocycles. The van der Waals surface area contributed by atoms with Crippen molar-refractivity contribution in [2.45, 2.75) is 38.0 Å². The SMILES string of the molecule is CNC(CC(=O)OC)Cc1cccc(-c2ccc(OCc3ccccc3)c(CC(N)C(=O)O)c2)c1. The number of likely N-dealkylation sites (N-methyl/N-ethyl adjacent to an activating group) is 1. The van der Waals surface area contributed by atoms with Crippen molar-refractivity contribution >= 4 is 11.9 Å². The van der Waals surface area contributed by atoms with Gasteiger partial charge in [-0.3, -0.25) is 9.59 Å². The summed E-state index contributed by atoms with van der Waals surface area (Å²) in [6.45, 7) is 0.372. The van der Waals surface area contributed by atoms with Crippen LogP contribution in [0.25, 0.3) is 11.1 Å².